The van der Waals surface area contributed by atoms with Crippen molar-refractivity contribution in [3.8, 4) is 0 Å². The van der Waals surface area contributed by atoms with Crippen molar-refractivity contribution < 1.29 is 0 Å². The highest BCUT2D eigenvalue weighted by Gasteiger charge is 2.38. The third-order valence-electron chi connectivity index (χ3n) is 4.76. The lowest BCUT2D eigenvalue weighted by atomic mass is 9.67. The SMILES string of the molecule is CCCCN(C)CC1CCCC(C)(C)C1NCCC. The monoisotopic (exact) mass is 268 g/mol. The van der Waals surface area contributed by atoms with E-state index in [0.29, 0.717) is 11.5 Å². The molecule has 114 valence electrons. The van der Waals surface area contributed by atoms with Crippen LogP contribution in [0.25, 0.3) is 0 Å². The van der Waals surface area contributed by atoms with Crippen LogP contribution in [0.2, 0.25) is 0 Å². The highest BCUT2D eigenvalue weighted by molar-refractivity contribution is 4.94. The average Bonchev–Trinajstić information content (AvgIpc) is 2.35. The third kappa shape index (κ3) is 5.43. The smallest absolute Gasteiger partial charge is 0.0159 e. The van der Waals surface area contributed by atoms with Gasteiger partial charge in [0.05, 0.1) is 0 Å². The molecule has 0 aromatic heterocycles. The first-order chi connectivity index (χ1) is 9.01. The number of rotatable bonds is 8. The quantitative estimate of drug-likeness (QED) is 0.718. The Kier molecular flexibility index (Phi) is 7.38. The lowest BCUT2D eigenvalue weighted by molar-refractivity contribution is 0.0850. The molecule has 0 saturated heterocycles. The van der Waals surface area contributed by atoms with Crippen LogP contribution in [0.15, 0.2) is 0 Å². The Morgan fingerprint density at radius 3 is 2.58 bits per heavy atom. The van der Waals surface area contributed by atoms with E-state index in [1.165, 1.54) is 58.2 Å². The molecule has 1 N–H and O–H groups in total. The number of nitrogens with one attached hydrogen (secondary N) is 1. The van der Waals surface area contributed by atoms with Crippen molar-refractivity contribution in [1.29, 1.82) is 0 Å². The molecular weight excluding hydrogens is 232 g/mol. The molecule has 1 saturated carbocycles. The maximum atomic E-state index is 3.85. The molecule has 1 aliphatic carbocycles. The van der Waals surface area contributed by atoms with Gasteiger partial charge in [0.15, 0.2) is 0 Å². The van der Waals surface area contributed by atoms with Crippen molar-refractivity contribution in [2.75, 3.05) is 26.7 Å². The standard InChI is InChI=1S/C17H36N2/c1-6-8-13-19(5)14-15-10-9-11-17(3,4)16(15)18-12-7-2/h15-16,18H,6-14H2,1-5H3. The predicted octanol–water partition coefficient (Wildman–Crippen LogP) is 3.91. The van der Waals surface area contributed by atoms with E-state index in [9.17, 15) is 0 Å². The Labute approximate surface area is 121 Å². The first-order valence-corrected chi connectivity index (χ1v) is 8.43. The molecule has 1 aliphatic rings. The van der Waals surface area contributed by atoms with Gasteiger partial charge in [0.1, 0.15) is 0 Å². The molecule has 19 heavy (non-hydrogen) atoms. The summed E-state index contributed by atoms with van der Waals surface area (Å²) in [5.74, 6) is 0.831. The van der Waals surface area contributed by atoms with Gasteiger partial charge in [0, 0.05) is 12.6 Å². The van der Waals surface area contributed by atoms with Gasteiger partial charge >= 0.3 is 0 Å². The first-order valence-electron chi connectivity index (χ1n) is 8.43. The molecule has 0 aromatic carbocycles. The summed E-state index contributed by atoms with van der Waals surface area (Å²) in [4.78, 5) is 2.55. The summed E-state index contributed by atoms with van der Waals surface area (Å²) in [5, 5.41) is 3.85. The van der Waals surface area contributed by atoms with E-state index in [2.05, 4.69) is 45.0 Å². The van der Waals surface area contributed by atoms with Gasteiger partial charge < -0.3 is 10.2 Å². The molecule has 0 spiro atoms. The van der Waals surface area contributed by atoms with E-state index >= 15 is 0 Å². The van der Waals surface area contributed by atoms with Crippen LogP contribution in [-0.2, 0) is 0 Å². The largest absolute Gasteiger partial charge is 0.313 e. The van der Waals surface area contributed by atoms with Crippen LogP contribution in [0.3, 0.4) is 0 Å². The molecular formula is C17H36N2. The maximum Gasteiger partial charge on any atom is 0.0159 e. The van der Waals surface area contributed by atoms with Gasteiger partial charge in [-0.25, -0.2) is 0 Å². The topological polar surface area (TPSA) is 15.3 Å². The fourth-order valence-corrected chi connectivity index (χ4v) is 3.64. The third-order valence-corrected chi connectivity index (χ3v) is 4.76. The molecule has 2 atom stereocenters. The van der Waals surface area contributed by atoms with E-state index < -0.39 is 0 Å². The van der Waals surface area contributed by atoms with Crippen molar-refractivity contribution in [2.45, 2.75) is 72.3 Å². The van der Waals surface area contributed by atoms with Crippen LogP contribution in [-0.4, -0.2) is 37.6 Å². The second-order valence-electron chi connectivity index (χ2n) is 7.19. The fraction of sp³-hybridized carbons (Fsp3) is 1.00. The van der Waals surface area contributed by atoms with Crippen LogP contribution in [0.5, 0.6) is 0 Å². The molecule has 2 nitrogen and oxygen atoms in total. The lowest BCUT2D eigenvalue weighted by Crippen LogP contribution is -2.52. The Morgan fingerprint density at radius 2 is 1.95 bits per heavy atom. The molecule has 0 aliphatic heterocycles. The van der Waals surface area contributed by atoms with Crippen molar-refractivity contribution >= 4 is 0 Å². The van der Waals surface area contributed by atoms with Crippen LogP contribution in [0, 0.1) is 11.3 Å². The molecule has 0 bridgehead atoms. The van der Waals surface area contributed by atoms with Crippen molar-refractivity contribution in [3.63, 3.8) is 0 Å². The molecule has 2 heteroatoms. The van der Waals surface area contributed by atoms with E-state index in [-0.39, 0.29) is 0 Å². The summed E-state index contributed by atoms with van der Waals surface area (Å²) in [6.45, 7) is 13.2. The van der Waals surface area contributed by atoms with E-state index in [0.717, 1.165) is 5.92 Å². The molecule has 1 fully saturated rings. The number of unbranched alkanes of at least 4 members (excludes halogenated alkanes) is 1. The minimum atomic E-state index is 0.462. The van der Waals surface area contributed by atoms with Crippen LogP contribution >= 0.6 is 0 Å². The second-order valence-corrected chi connectivity index (χ2v) is 7.19. The lowest BCUT2D eigenvalue weighted by Gasteiger charge is -2.46. The number of hydrogen-bond donors (Lipinski definition) is 1. The summed E-state index contributed by atoms with van der Waals surface area (Å²) < 4.78 is 0. The normalized spacial score (nSPS) is 26.8. The van der Waals surface area contributed by atoms with E-state index in [1.54, 1.807) is 0 Å². The summed E-state index contributed by atoms with van der Waals surface area (Å²) in [7, 11) is 2.30. The Bertz CT molecular complexity index is 237. The Hall–Kier alpha value is -0.0800. The first kappa shape index (κ1) is 17.0. The van der Waals surface area contributed by atoms with Gasteiger partial charge in [0.25, 0.3) is 0 Å². The van der Waals surface area contributed by atoms with Crippen LogP contribution in [0.1, 0.15) is 66.2 Å². The zero-order valence-corrected chi connectivity index (χ0v) is 14.0. The maximum absolute atomic E-state index is 3.85. The van der Waals surface area contributed by atoms with Crippen LogP contribution < -0.4 is 5.32 Å². The van der Waals surface area contributed by atoms with Gasteiger partial charge in [-0.15, -0.1) is 0 Å². The van der Waals surface area contributed by atoms with Gasteiger partial charge in [0.2, 0.25) is 0 Å². The summed E-state index contributed by atoms with van der Waals surface area (Å²) in [6, 6.07) is 0.699. The minimum Gasteiger partial charge on any atom is -0.313 e. The van der Waals surface area contributed by atoms with Gasteiger partial charge in [-0.05, 0) is 57.2 Å². The second kappa shape index (κ2) is 8.26. The molecule has 0 aromatic rings. The zero-order chi connectivity index (χ0) is 14.3. The van der Waals surface area contributed by atoms with Gasteiger partial charge in [-0.1, -0.05) is 40.5 Å². The van der Waals surface area contributed by atoms with Crippen molar-refractivity contribution in [2.24, 2.45) is 11.3 Å². The van der Waals surface area contributed by atoms with Crippen LogP contribution in [0.4, 0.5) is 0 Å². The number of hydrogen-bond acceptors (Lipinski definition) is 2. The minimum absolute atomic E-state index is 0.462. The van der Waals surface area contributed by atoms with E-state index in [4.69, 9.17) is 0 Å². The Balaban J connectivity index is 2.56. The molecule has 0 heterocycles. The number of nitrogens with zero attached hydrogens (tertiary/aromatic N) is 1. The highest BCUT2D eigenvalue weighted by atomic mass is 15.1. The molecule has 0 amide bonds. The highest BCUT2D eigenvalue weighted by Crippen LogP contribution is 2.39. The van der Waals surface area contributed by atoms with Crippen molar-refractivity contribution in [3.05, 3.63) is 0 Å². The zero-order valence-electron chi connectivity index (χ0n) is 14.0. The summed E-state index contributed by atoms with van der Waals surface area (Å²) >= 11 is 0. The van der Waals surface area contributed by atoms with Gasteiger partial charge in [-0.2, -0.15) is 0 Å². The Morgan fingerprint density at radius 1 is 1.21 bits per heavy atom. The average molecular weight is 268 g/mol. The summed E-state index contributed by atoms with van der Waals surface area (Å²) in [6.07, 6.45) is 8.07. The molecule has 2 unspecified atom stereocenters. The molecule has 1 rings (SSSR count). The van der Waals surface area contributed by atoms with Crippen molar-refractivity contribution in [1.82, 2.24) is 10.2 Å². The summed E-state index contributed by atoms with van der Waals surface area (Å²) in [5.41, 5.74) is 0.462. The van der Waals surface area contributed by atoms with Gasteiger partial charge in [-0.3, -0.25) is 0 Å². The molecule has 0 radical (unpaired) electrons. The van der Waals surface area contributed by atoms with E-state index in [1.807, 2.05) is 0 Å². The predicted molar refractivity (Wildman–Crippen MR) is 85.6 cm³/mol. The fourth-order valence-electron chi connectivity index (χ4n) is 3.64.